The lowest BCUT2D eigenvalue weighted by atomic mass is 10.1. The molecule has 0 saturated heterocycles. The maximum atomic E-state index is 10.0. The Kier molecular flexibility index (Phi) is 4.38. The Morgan fingerprint density at radius 2 is 1.84 bits per heavy atom. The van der Waals surface area contributed by atoms with Crippen LogP contribution < -0.4 is 5.73 Å². The van der Waals surface area contributed by atoms with Gasteiger partial charge in [-0.05, 0) is 12.1 Å². The van der Waals surface area contributed by atoms with Crippen molar-refractivity contribution in [3.63, 3.8) is 0 Å². The number of aryl methyl sites for hydroxylation is 1. The van der Waals surface area contributed by atoms with Crippen LogP contribution in [0.4, 0.5) is 5.82 Å². The molecule has 0 unspecified atom stereocenters. The zero-order valence-electron chi connectivity index (χ0n) is 14.4. The van der Waals surface area contributed by atoms with Crippen LogP contribution in [0.3, 0.4) is 0 Å². The summed E-state index contributed by atoms with van der Waals surface area (Å²) in [5, 5.41) is 14.2. The lowest BCUT2D eigenvalue weighted by Gasteiger charge is -2.03. The van der Waals surface area contributed by atoms with Gasteiger partial charge in [0.25, 0.3) is 0 Å². The SMILES string of the molecule is CC.Cn1cc(-c2cc(N)nc3nc(-c4ccccc4O)cn23)cn1. The van der Waals surface area contributed by atoms with Crippen LogP contribution in [0.15, 0.2) is 48.9 Å². The number of fused-ring (bicyclic) bond motifs is 1. The second-order valence-corrected chi connectivity index (χ2v) is 5.28. The molecule has 4 rings (SSSR count). The van der Waals surface area contributed by atoms with E-state index in [4.69, 9.17) is 5.73 Å². The molecule has 0 saturated carbocycles. The van der Waals surface area contributed by atoms with Gasteiger partial charge in [-0.3, -0.25) is 9.08 Å². The number of nitrogens with two attached hydrogens (primary N) is 1. The molecule has 0 spiro atoms. The summed E-state index contributed by atoms with van der Waals surface area (Å²) in [6.45, 7) is 4.00. The Morgan fingerprint density at radius 3 is 2.52 bits per heavy atom. The van der Waals surface area contributed by atoms with Crippen LogP contribution in [0, 0.1) is 0 Å². The molecule has 1 aromatic carbocycles. The maximum absolute atomic E-state index is 10.0. The number of aromatic hydroxyl groups is 1. The smallest absolute Gasteiger partial charge is 0.236 e. The first-order chi connectivity index (χ1) is 12.1. The highest BCUT2D eigenvalue weighted by molar-refractivity contribution is 5.71. The quantitative estimate of drug-likeness (QED) is 0.586. The Hall–Kier alpha value is -3.35. The minimum atomic E-state index is 0.173. The Labute approximate surface area is 145 Å². The van der Waals surface area contributed by atoms with Gasteiger partial charge in [0, 0.05) is 36.6 Å². The van der Waals surface area contributed by atoms with Gasteiger partial charge in [-0.15, -0.1) is 0 Å². The van der Waals surface area contributed by atoms with E-state index in [0.717, 1.165) is 11.3 Å². The molecule has 0 bridgehead atoms. The summed E-state index contributed by atoms with van der Waals surface area (Å²) in [5.41, 5.74) is 8.94. The van der Waals surface area contributed by atoms with E-state index in [1.165, 1.54) is 0 Å². The summed E-state index contributed by atoms with van der Waals surface area (Å²) >= 11 is 0. The third-order valence-corrected chi connectivity index (χ3v) is 3.64. The number of benzene rings is 1. The Morgan fingerprint density at radius 1 is 1.08 bits per heavy atom. The van der Waals surface area contributed by atoms with E-state index < -0.39 is 0 Å². The highest BCUT2D eigenvalue weighted by Gasteiger charge is 2.14. The van der Waals surface area contributed by atoms with E-state index in [2.05, 4.69) is 15.1 Å². The van der Waals surface area contributed by atoms with Crippen molar-refractivity contribution in [1.82, 2.24) is 24.1 Å². The maximum Gasteiger partial charge on any atom is 0.236 e. The second kappa shape index (κ2) is 6.64. The monoisotopic (exact) mass is 336 g/mol. The van der Waals surface area contributed by atoms with Gasteiger partial charge in [-0.25, -0.2) is 4.98 Å². The molecule has 7 nitrogen and oxygen atoms in total. The van der Waals surface area contributed by atoms with Crippen molar-refractivity contribution in [2.24, 2.45) is 7.05 Å². The first kappa shape index (κ1) is 16.5. The van der Waals surface area contributed by atoms with Crippen LogP contribution >= 0.6 is 0 Å². The van der Waals surface area contributed by atoms with Crippen LogP contribution in [0.2, 0.25) is 0 Å². The van der Waals surface area contributed by atoms with Crippen molar-refractivity contribution < 1.29 is 5.11 Å². The van der Waals surface area contributed by atoms with E-state index in [9.17, 15) is 5.11 Å². The van der Waals surface area contributed by atoms with Gasteiger partial charge in [0.2, 0.25) is 5.78 Å². The molecular formula is C18H20N6O. The highest BCUT2D eigenvalue weighted by Crippen LogP contribution is 2.30. The molecular weight excluding hydrogens is 316 g/mol. The lowest BCUT2D eigenvalue weighted by molar-refractivity contribution is 0.477. The molecule has 0 aliphatic heterocycles. The predicted molar refractivity (Wildman–Crippen MR) is 98.1 cm³/mol. The summed E-state index contributed by atoms with van der Waals surface area (Å²) in [6.07, 6.45) is 5.49. The number of aromatic nitrogens is 5. The zero-order valence-corrected chi connectivity index (χ0v) is 14.4. The van der Waals surface area contributed by atoms with Gasteiger partial charge >= 0.3 is 0 Å². The van der Waals surface area contributed by atoms with Gasteiger partial charge in [0.15, 0.2) is 0 Å². The number of rotatable bonds is 2. The van der Waals surface area contributed by atoms with Crippen molar-refractivity contribution in [3.8, 4) is 28.3 Å². The van der Waals surface area contributed by atoms with Gasteiger partial charge < -0.3 is 10.8 Å². The van der Waals surface area contributed by atoms with Gasteiger partial charge in [-0.1, -0.05) is 26.0 Å². The fourth-order valence-corrected chi connectivity index (χ4v) is 2.58. The molecule has 0 fully saturated rings. The van der Waals surface area contributed by atoms with Crippen LogP contribution in [0.25, 0.3) is 28.3 Å². The average molecular weight is 336 g/mol. The molecule has 0 radical (unpaired) electrons. The molecule has 0 amide bonds. The summed E-state index contributed by atoms with van der Waals surface area (Å²) in [5.74, 6) is 1.03. The largest absolute Gasteiger partial charge is 0.507 e. The molecule has 4 aromatic rings. The summed E-state index contributed by atoms with van der Waals surface area (Å²) in [7, 11) is 1.85. The van der Waals surface area contributed by atoms with Gasteiger partial charge in [0.05, 0.1) is 17.6 Å². The number of para-hydroxylation sites is 1. The minimum absolute atomic E-state index is 0.173. The summed E-state index contributed by atoms with van der Waals surface area (Å²) in [6, 6.07) is 8.84. The number of nitrogen functional groups attached to an aromatic ring is 1. The minimum Gasteiger partial charge on any atom is -0.507 e. The number of hydrogen-bond acceptors (Lipinski definition) is 5. The van der Waals surface area contributed by atoms with Gasteiger partial charge in [-0.2, -0.15) is 10.1 Å². The number of nitrogens with zero attached hydrogens (tertiary/aromatic N) is 5. The van der Waals surface area contributed by atoms with Crippen LogP contribution in [-0.4, -0.2) is 29.3 Å². The molecule has 25 heavy (non-hydrogen) atoms. The van der Waals surface area contributed by atoms with E-state index in [1.807, 2.05) is 49.8 Å². The van der Waals surface area contributed by atoms with Crippen molar-refractivity contribution in [3.05, 3.63) is 48.9 Å². The van der Waals surface area contributed by atoms with Crippen LogP contribution in [-0.2, 0) is 7.05 Å². The number of hydrogen-bond donors (Lipinski definition) is 2. The standard InChI is InChI=1S/C16H14N6O.C2H6/c1-21-8-10(7-18-21)13-6-15(17)20-16-19-12(9-22(13)16)11-4-2-3-5-14(11)23;1-2/h2-9,23H,1H3,(H2,17,19,20);1-2H3. The Balaban J connectivity index is 0.000000880. The third-order valence-electron chi connectivity index (χ3n) is 3.64. The second-order valence-electron chi connectivity index (χ2n) is 5.28. The molecule has 0 aliphatic carbocycles. The van der Waals surface area contributed by atoms with E-state index in [1.54, 1.807) is 29.1 Å². The van der Waals surface area contributed by atoms with Crippen molar-refractivity contribution >= 4 is 11.6 Å². The molecule has 128 valence electrons. The molecule has 7 heteroatoms. The molecule has 0 aliphatic rings. The molecule has 3 heterocycles. The fraction of sp³-hybridized carbons (Fsp3) is 0.167. The van der Waals surface area contributed by atoms with E-state index in [0.29, 0.717) is 22.9 Å². The number of anilines is 1. The third kappa shape index (κ3) is 3.03. The van der Waals surface area contributed by atoms with Crippen molar-refractivity contribution in [1.29, 1.82) is 0 Å². The molecule has 0 atom stereocenters. The normalized spacial score (nSPS) is 10.5. The Bertz CT molecular complexity index is 1020. The number of phenolic OH excluding ortho intramolecular Hbond substituents is 1. The molecule has 3 N–H and O–H groups in total. The van der Waals surface area contributed by atoms with Gasteiger partial charge in [0.1, 0.15) is 11.6 Å². The highest BCUT2D eigenvalue weighted by atomic mass is 16.3. The first-order valence-electron chi connectivity index (χ1n) is 8.05. The average Bonchev–Trinajstić information content (AvgIpc) is 3.22. The first-order valence-corrected chi connectivity index (χ1v) is 8.05. The summed E-state index contributed by atoms with van der Waals surface area (Å²) in [4.78, 5) is 8.75. The lowest BCUT2D eigenvalue weighted by Crippen LogP contribution is -1.98. The number of imidazole rings is 1. The van der Waals surface area contributed by atoms with E-state index >= 15 is 0 Å². The van der Waals surface area contributed by atoms with Crippen molar-refractivity contribution in [2.45, 2.75) is 13.8 Å². The number of phenols is 1. The van der Waals surface area contributed by atoms with Crippen LogP contribution in [0.1, 0.15) is 13.8 Å². The van der Waals surface area contributed by atoms with Crippen molar-refractivity contribution in [2.75, 3.05) is 5.73 Å². The summed E-state index contributed by atoms with van der Waals surface area (Å²) < 4.78 is 3.56. The topological polar surface area (TPSA) is 94.3 Å². The predicted octanol–water partition coefficient (Wildman–Crippen LogP) is 3.11. The zero-order chi connectivity index (χ0) is 18.0. The molecule has 3 aromatic heterocycles. The van der Waals surface area contributed by atoms with E-state index in [-0.39, 0.29) is 5.75 Å². The fourth-order valence-electron chi connectivity index (χ4n) is 2.58. The van der Waals surface area contributed by atoms with Crippen LogP contribution in [0.5, 0.6) is 5.75 Å².